The highest BCUT2D eigenvalue weighted by Gasteiger charge is 2.08. The van der Waals surface area contributed by atoms with Crippen LogP contribution in [0.3, 0.4) is 0 Å². The maximum atomic E-state index is 4.60. The van der Waals surface area contributed by atoms with Crippen LogP contribution in [0.5, 0.6) is 0 Å². The first-order chi connectivity index (χ1) is 15.7. The first-order valence-corrected chi connectivity index (χ1v) is 12.7. The van der Waals surface area contributed by atoms with Gasteiger partial charge in [-0.15, -0.1) is 21.6 Å². The molecule has 0 unspecified atom stereocenters. The molecule has 0 atom stereocenters. The lowest BCUT2D eigenvalue weighted by Crippen LogP contribution is -2.21. The van der Waals surface area contributed by atoms with Gasteiger partial charge in [0.1, 0.15) is 4.83 Å². The molecule has 5 aromatic rings. The van der Waals surface area contributed by atoms with Crippen molar-refractivity contribution in [2.75, 3.05) is 18.0 Å². The zero-order valence-corrected chi connectivity index (χ0v) is 20.0. The van der Waals surface area contributed by atoms with E-state index in [1.54, 1.807) is 22.7 Å². The molecule has 0 bridgehead atoms. The fourth-order valence-corrected chi connectivity index (χ4v) is 6.03. The molecule has 0 N–H and O–H groups in total. The average Bonchev–Trinajstić information content (AvgIpc) is 3.50. The molecule has 0 saturated carbocycles. The van der Waals surface area contributed by atoms with Crippen LogP contribution in [-0.4, -0.2) is 29.3 Å². The normalized spacial score (nSPS) is 12.1. The number of benzene rings is 2. The van der Waals surface area contributed by atoms with Crippen LogP contribution in [0.15, 0.2) is 69.8 Å². The Kier molecular flexibility index (Phi) is 6.02. The van der Waals surface area contributed by atoms with Crippen molar-refractivity contribution in [2.45, 2.75) is 13.8 Å². The number of hydrogen-bond donors (Lipinski definition) is 0. The Hall–Kier alpha value is -3.01. The van der Waals surface area contributed by atoms with Gasteiger partial charge in [-0.05, 0) is 56.3 Å². The van der Waals surface area contributed by atoms with E-state index < -0.39 is 0 Å². The highest BCUT2D eigenvalue weighted by Crippen LogP contribution is 2.35. The lowest BCUT2D eigenvalue weighted by Gasteiger charge is -2.20. The minimum Gasteiger partial charge on any atom is -0.372 e. The van der Waals surface area contributed by atoms with Crippen LogP contribution in [0.25, 0.3) is 19.7 Å². The lowest BCUT2D eigenvalue weighted by molar-refractivity contribution is 0.866. The highest BCUT2D eigenvalue weighted by atomic mass is 32.1. The average molecular weight is 477 g/mol. The van der Waals surface area contributed by atoms with Crippen molar-refractivity contribution in [1.29, 1.82) is 0 Å². The molecule has 0 fully saturated rings. The van der Waals surface area contributed by atoms with Crippen LogP contribution in [-0.2, 0) is 0 Å². The van der Waals surface area contributed by atoms with Crippen LogP contribution in [0.4, 0.5) is 21.6 Å². The maximum Gasteiger partial charge on any atom is 0.231 e. The fraction of sp³-hybridized carbons (Fsp3) is 0.174. The van der Waals surface area contributed by atoms with E-state index in [2.05, 4.69) is 68.2 Å². The number of hydrogen-bond acceptors (Lipinski definition) is 9. The number of fused-ring (bicyclic) bond motifs is 2. The van der Waals surface area contributed by atoms with Crippen molar-refractivity contribution >= 4 is 81.6 Å². The molecule has 3 heterocycles. The fourth-order valence-electron chi connectivity index (χ4n) is 3.30. The number of aliphatic imine (C=N–C) groups is 1. The molecule has 0 radical (unpaired) electrons. The summed E-state index contributed by atoms with van der Waals surface area (Å²) < 4.78 is 2.23. The SMILES string of the molecule is CCN(CC)c1ccc(N=Nc2nc3sc(C=Nc4nc5ccccc5s4)cc3s2)cc1. The van der Waals surface area contributed by atoms with Gasteiger partial charge in [0.2, 0.25) is 10.3 Å². The predicted octanol–water partition coefficient (Wildman–Crippen LogP) is 7.98. The van der Waals surface area contributed by atoms with E-state index in [9.17, 15) is 0 Å². The second-order valence-electron chi connectivity index (χ2n) is 6.93. The van der Waals surface area contributed by atoms with Crippen molar-refractivity contribution < 1.29 is 0 Å². The zero-order valence-electron chi connectivity index (χ0n) is 17.6. The molecule has 5 rings (SSSR count). The molecule has 2 aromatic carbocycles. The van der Waals surface area contributed by atoms with Crippen molar-refractivity contribution in [3.8, 4) is 0 Å². The van der Waals surface area contributed by atoms with E-state index in [0.29, 0.717) is 5.13 Å². The molecule has 0 saturated heterocycles. The largest absolute Gasteiger partial charge is 0.372 e. The molecule has 6 nitrogen and oxygen atoms in total. The highest BCUT2D eigenvalue weighted by molar-refractivity contribution is 7.29. The number of nitrogens with zero attached hydrogens (tertiary/aromatic N) is 6. The Morgan fingerprint density at radius 1 is 0.844 bits per heavy atom. The van der Waals surface area contributed by atoms with E-state index >= 15 is 0 Å². The summed E-state index contributed by atoms with van der Waals surface area (Å²) in [6, 6.07) is 18.3. The number of thiophene rings is 1. The lowest BCUT2D eigenvalue weighted by atomic mass is 10.2. The summed E-state index contributed by atoms with van der Waals surface area (Å²) in [6.07, 6.45) is 1.86. The minimum atomic E-state index is 0.661. The van der Waals surface area contributed by atoms with Crippen LogP contribution >= 0.6 is 34.0 Å². The van der Waals surface area contributed by atoms with E-state index in [4.69, 9.17) is 0 Å². The van der Waals surface area contributed by atoms with Gasteiger partial charge in [0.25, 0.3) is 0 Å². The second kappa shape index (κ2) is 9.23. The summed E-state index contributed by atoms with van der Waals surface area (Å²) in [5.74, 6) is 0. The standard InChI is InChI=1S/C23H20N6S3/c1-3-29(4-2)16-11-9-15(10-12-16)27-28-23-26-21-20(32-23)13-17(30-21)14-24-22-25-18-7-5-6-8-19(18)31-22/h5-14H,3-4H2,1-2H3. The van der Waals surface area contributed by atoms with Crippen LogP contribution < -0.4 is 4.90 Å². The Morgan fingerprint density at radius 3 is 2.38 bits per heavy atom. The van der Waals surface area contributed by atoms with Gasteiger partial charge in [-0.3, -0.25) is 0 Å². The van der Waals surface area contributed by atoms with Crippen molar-refractivity contribution in [3.05, 3.63) is 59.5 Å². The van der Waals surface area contributed by atoms with Crippen LogP contribution in [0.2, 0.25) is 0 Å². The molecule has 0 spiro atoms. The number of para-hydroxylation sites is 1. The van der Waals surface area contributed by atoms with E-state index in [0.717, 1.165) is 48.5 Å². The van der Waals surface area contributed by atoms with Gasteiger partial charge in [0.05, 0.1) is 20.6 Å². The van der Waals surface area contributed by atoms with E-state index in [1.165, 1.54) is 17.0 Å². The first-order valence-electron chi connectivity index (χ1n) is 10.3. The smallest absolute Gasteiger partial charge is 0.231 e. The van der Waals surface area contributed by atoms with Crippen molar-refractivity contribution in [1.82, 2.24) is 9.97 Å². The summed E-state index contributed by atoms with van der Waals surface area (Å²) in [5.41, 5.74) is 3.00. The number of thiazole rings is 2. The monoisotopic (exact) mass is 476 g/mol. The molecule has 0 aliphatic rings. The third-order valence-electron chi connectivity index (χ3n) is 4.91. The number of anilines is 1. The van der Waals surface area contributed by atoms with Gasteiger partial charge < -0.3 is 4.90 Å². The number of aromatic nitrogens is 2. The Labute approximate surface area is 197 Å². The van der Waals surface area contributed by atoms with Gasteiger partial charge >= 0.3 is 0 Å². The van der Waals surface area contributed by atoms with Crippen molar-refractivity contribution in [3.63, 3.8) is 0 Å². The summed E-state index contributed by atoms with van der Waals surface area (Å²) >= 11 is 4.72. The Balaban J connectivity index is 1.28. The van der Waals surface area contributed by atoms with Gasteiger partial charge in [-0.2, -0.15) is 0 Å². The summed E-state index contributed by atoms with van der Waals surface area (Å²) in [4.78, 5) is 18.0. The van der Waals surface area contributed by atoms with E-state index in [-0.39, 0.29) is 0 Å². The van der Waals surface area contributed by atoms with Gasteiger partial charge in [-0.1, -0.05) is 34.8 Å². The van der Waals surface area contributed by atoms with Crippen LogP contribution in [0.1, 0.15) is 18.7 Å². The zero-order chi connectivity index (χ0) is 21.9. The Morgan fingerprint density at radius 2 is 1.62 bits per heavy atom. The quantitative estimate of drug-likeness (QED) is 0.177. The number of azo groups is 1. The molecular weight excluding hydrogens is 456 g/mol. The molecule has 160 valence electrons. The van der Waals surface area contributed by atoms with Crippen LogP contribution in [0, 0.1) is 0 Å². The maximum absolute atomic E-state index is 4.60. The molecular formula is C23H20N6S3. The molecule has 9 heteroatoms. The summed E-state index contributed by atoms with van der Waals surface area (Å²) in [5, 5.41) is 10.1. The molecule has 3 aromatic heterocycles. The molecule has 0 aliphatic heterocycles. The molecule has 0 aliphatic carbocycles. The first kappa shape index (κ1) is 20.9. The molecule has 0 amide bonds. The summed E-state index contributed by atoms with van der Waals surface area (Å²) in [6.45, 7) is 6.29. The molecule has 32 heavy (non-hydrogen) atoms. The summed E-state index contributed by atoms with van der Waals surface area (Å²) in [7, 11) is 0. The van der Waals surface area contributed by atoms with Crippen molar-refractivity contribution in [2.24, 2.45) is 15.2 Å². The second-order valence-corrected chi connectivity index (χ2v) is 10.0. The third-order valence-corrected chi connectivity index (χ3v) is 7.83. The third kappa shape index (κ3) is 4.45. The van der Waals surface area contributed by atoms with Gasteiger partial charge in [-0.25, -0.2) is 15.0 Å². The van der Waals surface area contributed by atoms with Gasteiger partial charge in [0.15, 0.2) is 0 Å². The minimum absolute atomic E-state index is 0.661. The Bertz CT molecular complexity index is 1340. The predicted molar refractivity (Wildman–Crippen MR) is 139 cm³/mol. The van der Waals surface area contributed by atoms with Gasteiger partial charge in [0, 0.05) is 29.9 Å². The topological polar surface area (TPSA) is 66.1 Å². The number of rotatable bonds is 7. The van der Waals surface area contributed by atoms with E-state index in [1.807, 2.05) is 36.5 Å².